The minimum absolute atomic E-state index is 0.154. The van der Waals surface area contributed by atoms with Gasteiger partial charge in [-0.2, -0.15) is 0 Å². The largest absolute Gasteiger partial charge is 0.389 e. The molecule has 0 spiro atoms. The summed E-state index contributed by atoms with van der Waals surface area (Å²) in [5.41, 5.74) is 3.09. The number of aromatic nitrogens is 1. The van der Waals surface area contributed by atoms with E-state index in [1.165, 1.54) is 24.0 Å². The van der Waals surface area contributed by atoms with Crippen molar-refractivity contribution >= 4 is 17.2 Å². The number of methoxy groups -OCH3 is 1. The first-order valence-corrected chi connectivity index (χ1v) is 8.47. The van der Waals surface area contributed by atoms with Crippen LogP contribution in [0.15, 0.2) is 29.6 Å². The lowest BCUT2D eigenvalue weighted by atomic mass is 10.1. The van der Waals surface area contributed by atoms with E-state index in [0.717, 1.165) is 22.7 Å². The van der Waals surface area contributed by atoms with Crippen LogP contribution in [0.3, 0.4) is 0 Å². The summed E-state index contributed by atoms with van der Waals surface area (Å²) in [6.45, 7) is 2.51. The van der Waals surface area contributed by atoms with E-state index >= 15 is 0 Å². The summed E-state index contributed by atoms with van der Waals surface area (Å²) < 4.78 is 4.81. The van der Waals surface area contributed by atoms with Crippen molar-refractivity contribution in [1.29, 1.82) is 0 Å². The molecule has 0 aliphatic heterocycles. The number of ether oxygens (including phenoxy) is 1. The molecule has 1 atom stereocenters. The Bertz CT molecular complexity index is 625. The molecule has 1 amide bonds. The van der Waals surface area contributed by atoms with E-state index in [1.807, 2.05) is 5.38 Å². The zero-order chi connectivity index (χ0) is 16.7. The number of nitrogens with one attached hydrogen (secondary N) is 1. The molecular formula is C17H22N2O3S. The van der Waals surface area contributed by atoms with Crippen molar-refractivity contribution in [3.8, 4) is 10.6 Å². The van der Waals surface area contributed by atoms with Gasteiger partial charge in [0, 0.05) is 24.6 Å². The third kappa shape index (κ3) is 5.42. The predicted molar refractivity (Wildman–Crippen MR) is 91.5 cm³/mol. The predicted octanol–water partition coefficient (Wildman–Crippen LogP) is 2.04. The number of hydrogen-bond donors (Lipinski definition) is 2. The molecule has 0 bridgehead atoms. The second kappa shape index (κ2) is 8.76. The topological polar surface area (TPSA) is 71.5 Å². The van der Waals surface area contributed by atoms with Crippen molar-refractivity contribution in [2.75, 3.05) is 20.3 Å². The van der Waals surface area contributed by atoms with Crippen LogP contribution in [0, 0.1) is 0 Å². The molecule has 124 valence electrons. The molecule has 2 N–H and O–H groups in total. The third-order valence-electron chi connectivity index (χ3n) is 3.40. The second-order valence-corrected chi connectivity index (χ2v) is 6.14. The minimum Gasteiger partial charge on any atom is -0.389 e. The fourth-order valence-corrected chi connectivity index (χ4v) is 2.94. The number of hydrogen-bond acceptors (Lipinski definition) is 5. The van der Waals surface area contributed by atoms with Crippen molar-refractivity contribution < 1.29 is 14.6 Å². The summed E-state index contributed by atoms with van der Waals surface area (Å²) in [6, 6.07) is 8.31. The third-order valence-corrected chi connectivity index (χ3v) is 4.34. The van der Waals surface area contributed by atoms with E-state index < -0.39 is 6.10 Å². The molecular weight excluding hydrogens is 312 g/mol. The van der Waals surface area contributed by atoms with E-state index in [-0.39, 0.29) is 25.5 Å². The van der Waals surface area contributed by atoms with Crippen LogP contribution in [0.2, 0.25) is 0 Å². The smallest absolute Gasteiger partial charge is 0.226 e. The van der Waals surface area contributed by atoms with Crippen LogP contribution in [0.1, 0.15) is 18.2 Å². The Labute approximate surface area is 140 Å². The van der Waals surface area contributed by atoms with Gasteiger partial charge in [-0.05, 0) is 12.0 Å². The lowest BCUT2D eigenvalue weighted by Gasteiger charge is -2.10. The van der Waals surface area contributed by atoms with Crippen molar-refractivity contribution in [3.63, 3.8) is 0 Å². The second-order valence-electron chi connectivity index (χ2n) is 5.28. The highest BCUT2D eigenvalue weighted by atomic mass is 32.1. The molecule has 6 heteroatoms. The lowest BCUT2D eigenvalue weighted by molar-refractivity contribution is -0.121. The molecule has 0 saturated heterocycles. The quantitative estimate of drug-likeness (QED) is 0.775. The molecule has 0 radical (unpaired) electrons. The van der Waals surface area contributed by atoms with Gasteiger partial charge in [-0.3, -0.25) is 4.79 Å². The van der Waals surface area contributed by atoms with Crippen LogP contribution in [0.25, 0.3) is 10.6 Å². The first kappa shape index (κ1) is 17.6. The highest BCUT2D eigenvalue weighted by molar-refractivity contribution is 7.13. The Hall–Kier alpha value is -1.76. The Kier molecular flexibility index (Phi) is 6.70. The molecule has 0 fully saturated rings. The van der Waals surface area contributed by atoms with Crippen LogP contribution in [-0.2, 0) is 22.4 Å². The van der Waals surface area contributed by atoms with Gasteiger partial charge in [-0.15, -0.1) is 11.3 Å². The Morgan fingerprint density at radius 3 is 2.78 bits per heavy atom. The molecule has 0 aliphatic rings. The van der Waals surface area contributed by atoms with Gasteiger partial charge in [0.15, 0.2) is 0 Å². The van der Waals surface area contributed by atoms with Crippen LogP contribution in [0.5, 0.6) is 0 Å². The number of carbonyl (C=O) groups is 1. The van der Waals surface area contributed by atoms with Crippen LogP contribution in [0.4, 0.5) is 0 Å². The average Bonchev–Trinajstić information content (AvgIpc) is 3.02. The van der Waals surface area contributed by atoms with Gasteiger partial charge >= 0.3 is 0 Å². The van der Waals surface area contributed by atoms with Crippen LogP contribution < -0.4 is 5.32 Å². The maximum atomic E-state index is 11.9. The fourth-order valence-electron chi connectivity index (χ4n) is 2.11. The number of benzene rings is 1. The molecule has 0 aliphatic carbocycles. The minimum atomic E-state index is -0.688. The molecule has 1 aromatic carbocycles. The molecule has 2 aromatic rings. The average molecular weight is 334 g/mol. The standard InChI is InChI=1S/C17H22N2O3S/c1-3-12-4-6-13(7-5-12)17-19-14(11-23-17)8-16(21)18-9-15(20)10-22-2/h4-7,11,15,20H,3,8-10H2,1-2H3,(H,18,21). The fraction of sp³-hybridized carbons (Fsp3) is 0.412. The highest BCUT2D eigenvalue weighted by Crippen LogP contribution is 2.24. The van der Waals surface area contributed by atoms with Gasteiger partial charge in [0.1, 0.15) is 5.01 Å². The van der Waals surface area contributed by atoms with Gasteiger partial charge in [0.2, 0.25) is 5.91 Å². The zero-order valence-electron chi connectivity index (χ0n) is 13.4. The van der Waals surface area contributed by atoms with E-state index in [1.54, 1.807) is 0 Å². The van der Waals surface area contributed by atoms with Gasteiger partial charge in [0.05, 0.1) is 24.8 Å². The van der Waals surface area contributed by atoms with Crippen LogP contribution >= 0.6 is 11.3 Å². The number of nitrogens with zero attached hydrogens (tertiary/aromatic N) is 1. The Morgan fingerprint density at radius 2 is 2.13 bits per heavy atom. The number of aliphatic hydroxyl groups excluding tert-OH is 1. The van der Waals surface area contributed by atoms with Crippen LogP contribution in [-0.4, -0.2) is 42.4 Å². The van der Waals surface area contributed by atoms with E-state index in [0.29, 0.717) is 0 Å². The first-order valence-electron chi connectivity index (χ1n) is 7.59. The summed E-state index contributed by atoms with van der Waals surface area (Å²) >= 11 is 1.53. The van der Waals surface area contributed by atoms with E-state index in [9.17, 15) is 9.90 Å². The Morgan fingerprint density at radius 1 is 1.39 bits per heavy atom. The van der Waals surface area contributed by atoms with Crippen molar-refractivity contribution in [3.05, 3.63) is 40.9 Å². The number of amides is 1. The number of thiazole rings is 1. The molecule has 23 heavy (non-hydrogen) atoms. The van der Waals surface area contributed by atoms with Gasteiger partial charge < -0.3 is 15.2 Å². The van der Waals surface area contributed by atoms with E-state index in [4.69, 9.17) is 4.74 Å². The summed E-state index contributed by atoms with van der Waals surface area (Å²) in [7, 11) is 1.51. The summed E-state index contributed by atoms with van der Waals surface area (Å²) in [4.78, 5) is 16.4. The molecule has 1 heterocycles. The lowest BCUT2D eigenvalue weighted by Crippen LogP contribution is -2.35. The monoisotopic (exact) mass is 334 g/mol. The maximum Gasteiger partial charge on any atom is 0.226 e. The molecule has 2 rings (SSSR count). The SMILES string of the molecule is CCc1ccc(-c2nc(CC(=O)NCC(O)COC)cs2)cc1. The molecule has 1 aromatic heterocycles. The number of aliphatic hydroxyl groups is 1. The van der Waals surface area contributed by atoms with E-state index in [2.05, 4.69) is 41.5 Å². The number of rotatable bonds is 8. The van der Waals surface area contributed by atoms with Crippen molar-refractivity contribution in [2.24, 2.45) is 0 Å². The summed E-state index contributed by atoms with van der Waals surface area (Å²) in [5, 5.41) is 15.0. The van der Waals surface area contributed by atoms with Gasteiger partial charge in [-0.1, -0.05) is 31.2 Å². The molecule has 0 saturated carbocycles. The van der Waals surface area contributed by atoms with Gasteiger partial charge in [0.25, 0.3) is 0 Å². The first-order chi connectivity index (χ1) is 11.1. The number of carbonyl (C=O) groups excluding carboxylic acids is 1. The summed E-state index contributed by atoms with van der Waals surface area (Å²) in [6.07, 6.45) is 0.536. The maximum absolute atomic E-state index is 11.9. The van der Waals surface area contributed by atoms with Gasteiger partial charge in [-0.25, -0.2) is 4.98 Å². The zero-order valence-corrected chi connectivity index (χ0v) is 14.2. The normalized spacial score (nSPS) is 12.1. The molecule has 1 unspecified atom stereocenters. The highest BCUT2D eigenvalue weighted by Gasteiger charge is 2.11. The summed E-state index contributed by atoms with van der Waals surface area (Å²) in [5.74, 6) is -0.154. The Balaban J connectivity index is 1.90. The number of aryl methyl sites for hydroxylation is 1. The van der Waals surface area contributed by atoms with Crippen molar-refractivity contribution in [2.45, 2.75) is 25.9 Å². The van der Waals surface area contributed by atoms with Crippen molar-refractivity contribution in [1.82, 2.24) is 10.3 Å². The molecule has 5 nitrogen and oxygen atoms in total.